The van der Waals surface area contributed by atoms with E-state index >= 15 is 0 Å². The van der Waals surface area contributed by atoms with Gasteiger partial charge in [-0.3, -0.25) is 0 Å². The number of aliphatic hydroxyl groups is 3. The second-order valence-corrected chi connectivity index (χ2v) is 3.74. The summed E-state index contributed by atoms with van der Waals surface area (Å²) in [6.45, 7) is 5.78. The van der Waals surface area contributed by atoms with Crippen LogP contribution in [0.15, 0.2) is 0 Å². The third-order valence-electron chi connectivity index (χ3n) is 0.675. The number of aldehydes is 1. The molecule has 0 aromatic carbocycles. The van der Waals surface area contributed by atoms with Crippen molar-refractivity contribution >= 4 is 6.29 Å². The highest BCUT2D eigenvalue weighted by atomic mass is 16.3. The van der Waals surface area contributed by atoms with Crippen LogP contribution in [0.5, 0.6) is 0 Å². The molecule has 3 N–H and O–H groups in total. The van der Waals surface area contributed by atoms with Gasteiger partial charge in [-0.2, -0.15) is 0 Å². The van der Waals surface area contributed by atoms with Crippen LogP contribution >= 0.6 is 0 Å². The molecule has 0 saturated heterocycles. The van der Waals surface area contributed by atoms with E-state index in [0.29, 0.717) is 6.29 Å². The summed E-state index contributed by atoms with van der Waals surface area (Å²) in [5.41, 5.74) is -2.04. The Morgan fingerprint density at radius 1 is 1.17 bits per heavy atom. The van der Waals surface area contributed by atoms with Crippen LogP contribution in [-0.2, 0) is 4.79 Å². The summed E-state index contributed by atoms with van der Waals surface area (Å²) >= 11 is 0. The number of rotatable bonds is 2. The largest absolute Gasteiger partial charge is 0.393 e. The lowest BCUT2D eigenvalue weighted by Crippen LogP contribution is -2.23. The maximum absolute atomic E-state index is 9.58. The van der Waals surface area contributed by atoms with Gasteiger partial charge in [-0.1, -0.05) is 0 Å². The van der Waals surface area contributed by atoms with Crippen LogP contribution in [0.25, 0.3) is 0 Å². The van der Waals surface area contributed by atoms with E-state index in [2.05, 4.69) is 0 Å². The quantitative estimate of drug-likeness (QED) is 0.508. The first-order valence-corrected chi connectivity index (χ1v) is 3.64. The summed E-state index contributed by atoms with van der Waals surface area (Å²) < 4.78 is 0. The van der Waals surface area contributed by atoms with Crippen molar-refractivity contribution in [1.29, 1.82) is 0 Å². The third kappa shape index (κ3) is 22.7. The van der Waals surface area contributed by atoms with Crippen LogP contribution in [0.2, 0.25) is 0 Å². The Bertz CT molecular complexity index is 118. The minimum atomic E-state index is -1.14. The molecule has 0 rings (SSSR count). The van der Waals surface area contributed by atoms with E-state index in [4.69, 9.17) is 15.3 Å². The first-order chi connectivity index (χ1) is 5.12. The first-order valence-electron chi connectivity index (χ1n) is 3.64. The number of carbonyl (C=O) groups is 1. The zero-order chi connectivity index (χ0) is 10.4. The lowest BCUT2D eigenvalue weighted by atomic mass is 10.2. The van der Waals surface area contributed by atoms with Gasteiger partial charge in [0.25, 0.3) is 0 Å². The van der Waals surface area contributed by atoms with Gasteiger partial charge in [-0.05, 0) is 27.7 Å². The minimum absolute atomic E-state index is 0.174. The van der Waals surface area contributed by atoms with E-state index in [1.165, 1.54) is 13.8 Å². The smallest absolute Gasteiger partial charge is 0.150 e. The highest BCUT2D eigenvalue weighted by Gasteiger charge is 2.07. The van der Waals surface area contributed by atoms with Gasteiger partial charge in [0.2, 0.25) is 0 Å². The van der Waals surface area contributed by atoms with Crippen molar-refractivity contribution < 1.29 is 20.1 Å². The van der Waals surface area contributed by atoms with Gasteiger partial charge < -0.3 is 20.1 Å². The normalized spacial score (nSPS) is 11.6. The van der Waals surface area contributed by atoms with Crippen LogP contribution < -0.4 is 0 Å². The van der Waals surface area contributed by atoms with E-state index in [1.807, 2.05) is 0 Å². The first kappa shape index (κ1) is 14.1. The second kappa shape index (κ2) is 5.24. The van der Waals surface area contributed by atoms with E-state index < -0.39 is 11.2 Å². The van der Waals surface area contributed by atoms with Crippen LogP contribution in [0, 0.1) is 0 Å². The van der Waals surface area contributed by atoms with Crippen LogP contribution in [-0.4, -0.2) is 39.4 Å². The van der Waals surface area contributed by atoms with Gasteiger partial charge in [0.15, 0.2) is 6.29 Å². The Labute approximate surface area is 72.8 Å². The average molecular weight is 178 g/mol. The second-order valence-electron chi connectivity index (χ2n) is 3.74. The summed E-state index contributed by atoms with van der Waals surface area (Å²) in [6, 6.07) is 0. The van der Waals surface area contributed by atoms with Crippen molar-refractivity contribution in [3.8, 4) is 0 Å². The van der Waals surface area contributed by atoms with Gasteiger partial charge in [0, 0.05) is 0 Å². The zero-order valence-corrected chi connectivity index (χ0v) is 8.03. The lowest BCUT2D eigenvalue weighted by Gasteiger charge is -2.10. The molecular formula is C8H18O4. The molecular weight excluding hydrogens is 160 g/mol. The molecule has 0 aromatic rings. The Kier molecular flexibility index (Phi) is 6.16. The molecule has 0 atom stereocenters. The maximum atomic E-state index is 9.58. The number of hydrogen-bond donors (Lipinski definition) is 3. The fourth-order valence-electron chi connectivity index (χ4n) is 0. The van der Waals surface area contributed by atoms with Crippen molar-refractivity contribution in [3.63, 3.8) is 0 Å². The number of aliphatic hydroxyl groups excluding tert-OH is 1. The molecule has 0 spiro atoms. The van der Waals surface area contributed by atoms with Gasteiger partial charge in [0.05, 0.1) is 12.2 Å². The highest BCUT2D eigenvalue weighted by molar-refractivity contribution is 5.60. The number of hydrogen-bond acceptors (Lipinski definition) is 4. The van der Waals surface area contributed by atoms with Crippen molar-refractivity contribution in [2.24, 2.45) is 0 Å². The third-order valence-corrected chi connectivity index (χ3v) is 0.675. The molecule has 74 valence electrons. The van der Waals surface area contributed by atoms with Crippen LogP contribution in [0.4, 0.5) is 0 Å². The topological polar surface area (TPSA) is 77.8 Å². The monoisotopic (exact) mass is 178 g/mol. The number of carbonyl (C=O) groups excluding carboxylic acids is 1. The van der Waals surface area contributed by atoms with E-state index in [9.17, 15) is 4.79 Å². The highest BCUT2D eigenvalue weighted by Crippen LogP contribution is 1.95. The van der Waals surface area contributed by atoms with E-state index in [0.717, 1.165) is 0 Å². The Morgan fingerprint density at radius 3 is 1.33 bits per heavy atom. The fraction of sp³-hybridized carbons (Fsp3) is 0.875. The SMILES string of the molecule is CC(C)(O)C=O.CC(C)(O)CO. The Hall–Kier alpha value is -0.450. The predicted octanol–water partition coefficient (Wildman–Crippen LogP) is -0.294. The standard InChI is InChI=1S/C4H10O2.C4H8O2/c2*1-4(2,6)3-5/h5-6H,3H2,1-2H3;3,6H,1-2H3. The van der Waals surface area contributed by atoms with Gasteiger partial charge in [0.1, 0.15) is 5.60 Å². The van der Waals surface area contributed by atoms with Gasteiger partial charge in [-0.15, -0.1) is 0 Å². The molecule has 0 heterocycles. The molecule has 0 radical (unpaired) electrons. The van der Waals surface area contributed by atoms with Gasteiger partial charge in [-0.25, -0.2) is 0 Å². The summed E-state index contributed by atoms with van der Waals surface area (Å²) in [5.74, 6) is 0. The molecule has 0 unspecified atom stereocenters. The summed E-state index contributed by atoms with van der Waals surface area (Å²) in [6.07, 6.45) is 0.493. The molecule has 0 aliphatic carbocycles. The molecule has 0 bridgehead atoms. The summed E-state index contributed by atoms with van der Waals surface area (Å²) in [5, 5.41) is 25.2. The molecule has 12 heavy (non-hydrogen) atoms. The van der Waals surface area contributed by atoms with E-state index in [1.54, 1.807) is 13.8 Å². The molecule has 0 aliphatic heterocycles. The molecule has 0 aromatic heterocycles. The molecule has 4 heteroatoms. The molecule has 4 nitrogen and oxygen atoms in total. The molecule has 0 aliphatic rings. The van der Waals surface area contributed by atoms with Crippen molar-refractivity contribution in [2.45, 2.75) is 38.9 Å². The molecule has 0 fully saturated rings. The summed E-state index contributed by atoms with van der Waals surface area (Å²) in [7, 11) is 0. The van der Waals surface area contributed by atoms with Crippen molar-refractivity contribution in [3.05, 3.63) is 0 Å². The van der Waals surface area contributed by atoms with Crippen LogP contribution in [0.1, 0.15) is 27.7 Å². The average Bonchev–Trinajstić information content (AvgIpc) is 1.86. The Balaban J connectivity index is 0. The van der Waals surface area contributed by atoms with E-state index in [-0.39, 0.29) is 6.61 Å². The minimum Gasteiger partial charge on any atom is -0.393 e. The lowest BCUT2D eigenvalue weighted by molar-refractivity contribution is -0.120. The maximum Gasteiger partial charge on any atom is 0.150 e. The van der Waals surface area contributed by atoms with Crippen LogP contribution in [0.3, 0.4) is 0 Å². The molecule has 0 saturated carbocycles. The fourth-order valence-corrected chi connectivity index (χ4v) is 0. The summed E-state index contributed by atoms with van der Waals surface area (Å²) in [4.78, 5) is 9.58. The Morgan fingerprint density at radius 2 is 1.33 bits per heavy atom. The van der Waals surface area contributed by atoms with Gasteiger partial charge >= 0.3 is 0 Å². The van der Waals surface area contributed by atoms with Crippen molar-refractivity contribution in [2.75, 3.05) is 6.61 Å². The zero-order valence-electron chi connectivity index (χ0n) is 8.03. The van der Waals surface area contributed by atoms with Crippen molar-refractivity contribution in [1.82, 2.24) is 0 Å². The molecule has 0 amide bonds. The predicted molar refractivity (Wildman–Crippen MR) is 45.7 cm³/mol.